The average Bonchev–Trinajstić information content (AvgIpc) is 2.73. The molecule has 5 heteroatoms. The van der Waals surface area contributed by atoms with Crippen molar-refractivity contribution in [2.75, 3.05) is 18.6 Å². The summed E-state index contributed by atoms with van der Waals surface area (Å²) in [4.78, 5) is 22.4. The highest BCUT2D eigenvalue weighted by Gasteiger charge is 2.33. The number of carbonyl (C=O) groups excluding carboxylic acids is 1. The molecular formula is C11H19NO3S. The molecule has 4 nitrogen and oxygen atoms in total. The van der Waals surface area contributed by atoms with Crippen LogP contribution in [-0.2, 0) is 9.59 Å². The van der Waals surface area contributed by atoms with Crippen molar-refractivity contribution in [3.8, 4) is 0 Å². The molecule has 0 aliphatic heterocycles. The fourth-order valence-corrected chi connectivity index (χ4v) is 2.45. The van der Waals surface area contributed by atoms with Crippen LogP contribution >= 0.6 is 11.8 Å². The van der Waals surface area contributed by atoms with Gasteiger partial charge in [0.1, 0.15) is 0 Å². The molecule has 0 aromatic carbocycles. The first-order valence-corrected chi connectivity index (χ1v) is 7.04. The number of rotatable bonds is 6. The first kappa shape index (κ1) is 13.4. The number of carbonyl (C=O) groups is 2. The van der Waals surface area contributed by atoms with Crippen molar-refractivity contribution in [3.63, 3.8) is 0 Å². The molecule has 1 fully saturated rings. The van der Waals surface area contributed by atoms with Crippen LogP contribution in [0.3, 0.4) is 0 Å². The molecule has 0 spiro atoms. The van der Waals surface area contributed by atoms with Crippen molar-refractivity contribution in [1.82, 2.24) is 5.32 Å². The van der Waals surface area contributed by atoms with Gasteiger partial charge in [0, 0.05) is 12.5 Å². The molecule has 1 aliphatic rings. The molecule has 0 aromatic heterocycles. The molecule has 0 aromatic rings. The standard InChI is InChI=1S/C11H19NO3S/c1-16-6-2-5-12-10(13)8-3-4-9(7-8)11(14)15/h8-9H,2-7H2,1H3,(H,12,13)(H,14,15). The van der Waals surface area contributed by atoms with E-state index in [9.17, 15) is 9.59 Å². The van der Waals surface area contributed by atoms with Crippen molar-refractivity contribution in [1.29, 1.82) is 0 Å². The molecule has 1 aliphatic carbocycles. The van der Waals surface area contributed by atoms with Crippen LogP contribution in [0.4, 0.5) is 0 Å². The predicted octanol–water partition coefficient (Wildman–Crippen LogP) is 1.36. The monoisotopic (exact) mass is 245 g/mol. The Morgan fingerprint density at radius 3 is 2.62 bits per heavy atom. The maximum atomic E-state index is 11.7. The minimum Gasteiger partial charge on any atom is -0.481 e. The molecular weight excluding hydrogens is 226 g/mol. The number of aliphatic carboxylic acids is 1. The number of hydrogen-bond donors (Lipinski definition) is 2. The summed E-state index contributed by atoms with van der Waals surface area (Å²) in [6.07, 6.45) is 4.87. The third-order valence-corrected chi connectivity index (χ3v) is 3.67. The van der Waals surface area contributed by atoms with Crippen molar-refractivity contribution in [2.24, 2.45) is 11.8 Å². The number of thioether (sulfide) groups is 1. The summed E-state index contributed by atoms with van der Waals surface area (Å²) in [5, 5.41) is 11.7. The molecule has 1 rings (SSSR count). The summed E-state index contributed by atoms with van der Waals surface area (Å²) in [6.45, 7) is 0.702. The van der Waals surface area contributed by atoms with Crippen LogP contribution in [0.15, 0.2) is 0 Å². The summed E-state index contributed by atoms with van der Waals surface area (Å²) < 4.78 is 0. The van der Waals surface area contributed by atoms with Crippen LogP contribution in [0, 0.1) is 11.8 Å². The zero-order valence-corrected chi connectivity index (χ0v) is 10.4. The van der Waals surface area contributed by atoms with E-state index in [2.05, 4.69) is 5.32 Å². The van der Waals surface area contributed by atoms with Crippen molar-refractivity contribution < 1.29 is 14.7 Å². The zero-order chi connectivity index (χ0) is 12.0. The van der Waals surface area contributed by atoms with Crippen molar-refractivity contribution in [3.05, 3.63) is 0 Å². The van der Waals surface area contributed by atoms with E-state index in [-0.39, 0.29) is 17.7 Å². The molecule has 2 unspecified atom stereocenters. The van der Waals surface area contributed by atoms with Gasteiger partial charge in [-0.05, 0) is 37.7 Å². The van der Waals surface area contributed by atoms with E-state index in [1.165, 1.54) is 0 Å². The quantitative estimate of drug-likeness (QED) is 0.693. The lowest BCUT2D eigenvalue weighted by molar-refractivity contribution is -0.141. The second-order valence-corrected chi connectivity index (χ2v) is 5.17. The van der Waals surface area contributed by atoms with E-state index < -0.39 is 5.97 Å². The Bertz CT molecular complexity index is 258. The molecule has 2 N–H and O–H groups in total. The van der Waals surface area contributed by atoms with Gasteiger partial charge in [0.05, 0.1) is 5.92 Å². The summed E-state index contributed by atoms with van der Waals surface area (Å²) in [7, 11) is 0. The lowest BCUT2D eigenvalue weighted by Crippen LogP contribution is -2.30. The van der Waals surface area contributed by atoms with Gasteiger partial charge in [0.15, 0.2) is 0 Å². The Morgan fingerprint density at radius 2 is 2.06 bits per heavy atom. The molecule has 92 valence electrons. The van der Waals surface area contributed by atoms with E-state index in [1.807, 2.05) is 6.26 Å². The number of carboxylic acids is 1. The van der Waals surface area contributed by atoms with Crippen LogP contribution in [0.2, 0.25) is 0 Å². The summed E-state index contributed by atoms with van der Waals surface area (Å²) >= 11 is 1.76. The fourth-order valence-electron chi connectivity index (χ4n) is 2.02. The molecule has 0 saturated heterocycles. The van der Waals surface area contributed by atoms with Crippen LogP contribution in [0.1, 0.15) is 25.7 Å². The SMILES string of the molecule is CSCCCNC(=O)C1CCC(C(=O)O)C1. The third kappa shape index (κ3) is 4.04. The third-order valence-electron chi connectivity index (χ3n) is 2.98. The molecule has 1 amide bonds. The lowest BCUT2D eigenvalue weighted by Gasteiger charge is -2.10. The van der Waals surface area contributed by atoms with Crippen LogP contribution < -0.4 is 5.32 Å². The Kier molecular flexibility index (Phi) is 5.66. The van der Waals surface area contributed by atoms with Gasteiger partial charge in [-0.1, -0.05) is 0 Å². The molecule has 0 bridgehead atoms. The van der Waals surface area contributed by atoms with Gasteiger partial charge >= 0.3 is 5.97 Å². The Labute approximate surface area is 100 Å². The maximum absolute atomic E-state index is 11.7. The van der Waals surface area contributed by atoms with Crippen LogP contribution in [0.25, 0.3) is 0 Å². The predicted molar refractivity (Wildman–Crippen MR) is 64.5 cm³/mol. The van der Waals surface area contributed by atoms with Gasteiger partial charge in [-0.2, -0.15) is 11.8 Å². The minimum atomic E-state index is -0.766. The molecule has 16 heavy (non-hydrogen) atoms. The molecule has 0 radical (unpaired) electrons. The van der Waals surface area contributed by atoms with Crippen molar-refractivity contribution in [2.45, 2.75) is 25.7 Å². The fraction of sp³-hybridized carbons (Fsp3) is 0.818. The topological polar surface area (TPSA) is 66.4 Å². The van der Waals surface area contributed by atoms with Crippen molar-refractivity contribution >= 4 is 23.6 Å². The highest BCUT2D eigenvalue weighted by atomic mass is 32.2. The van der Waals surface area contributed by atoms with Gasteiger partial charge in [0.2, 0.25) is 5.91 Å². The van der Waals surface area contributed by atoms with E-state index in [0.717, 1.165) is 12.2 Å². The average molecular weight is 245 g/mol. The minimum absolute atomic E-state index is 0.0323. The normalized spacial score (nSPS) is 24.3. The Balaban J connectivity index is 2.20. The van der Waals surface area contributed by atoms with E-state index >= 15 is 0 Å². The first-order valence-electron chi connectivity index (χ1n) is 5.64. The first-order chi connectivity index (χ1) is 7.65. The second-order valence-electron chi connectivity index (χ2n) is 4.18. The number of carboxylic acid groups (broad SMARTS) is 1. The largest absolute Gasteiger partial charge is 0.481 e. The van der Waals surface area contributed by atoms with Gasteiger partial charge in [-0.3, -0.25) is 9.59 Å². The van der Waals surface area contributed by atoms with E-state index in [1.54, 1.807) is 11.8 Å². The van der Waals surface area contributed by atoms with Gasteiger partial charge < -0.3 is 10.4 Å². The van der Waals surface area contributed by atoms with Crippen LogP contribution in [0.5, 0.6) is 0 Å². The van der Waals surface area contributed by atoms with Gasteiger partial charge in [0.25, 0.3) is 0 Å². The summed E-state index contributed by atoms with van der Waals surface area (Å²) in [5.41, 5.74) is 0. The highest BCUT2D eigenvalue weighted by Crippen LogP contribution is 2.30. The summed E-state index contributed by atoms with van der Waals surface area (Å²) in [6, 6.07) is 0. The lowest BCUT2D eigenvalue weighted by atomic mass is 10.0. The van der Waals surface area contributed by atoms with E-state index in [0.29, 0.717) is 25.8 Å². The Morgan fingerprint density at radius 1 is 1.38 bits per heavy atom. The van der Waals surface area contributed by atoms with Gasteiger partial charge in [-0.25, -0.2) is 0 Å². The second kappa shape index (κ2) is 6.78. The van der Waals surface area contributed by atoms with E-state index in [4.69, 9.17) is 5.11 Å². The number of nitrogens with one attached hydrogen (secondary N) is 1. The van der Waals surface area contributed by atoms with Gasteiger partial charge in [-0.15, -0.1) is 0 Å². The highest BCUT2D eigenvalue weighted by molar-refractivity contribution is 7.98. The maximum Gasteiger partial charge on any atom is 0.306 e. The number of hydrogen-bond acceptors (Lipinski definition) is 3. The molecule has 0 heterocycles. The summed E-state index contributed by atoms with van der Waals surface area (Å²) in [5.74, 6) is -0.0947. The molecule has 2 atom stereocenters. The van der Waals surface area contributed by atoms with Crippen LogP contribution in [-0.4, -0.2) is 35.5 Å². The Hall–Kier alpha value is -0.710. The zero-order valence-electron chi connectivity index (χ0n) is 9.57. The smallest absolute Gasteiger partial charge is 0.306 e. The molecule has 1 saturated carbocycles. The number of amides is 1.